The number of thiazole rings is 1. The molecule has 1 aliphatic rings. The van der Waals surface area contributed by atoms with E-state index in [-0.39, 0.29) is 11.9 Å². The van der Waals surface area contributed by atoms with Crippen molar-refractivity contribution in [2.24, 2.45) is 0 Å². The number of ether oxygens (including phenoxy) is 1. The van der Waals surface area contributed by atoms with Crippen molar-refractivity contribution in [3.8, 4) is 5.75 Å². The molecule has 1 atom stereocenters. The first-order valence-corrected chi connectivity index (χ1v) is 10.4. The van der Waals surface area contributed by atoms with Crippen LogP contribution in [0.5, 0.6) is 5.75 Å². The second kappa shape index (κ2) is 8.29. The molecule has 1 saturated heterocycles. The summed E-state index contributed by atoms with van der Waals surface area (Å²) in [5.41, 5.74) is 1.89. The quantitative estimate of drug-likeness (QED) is 0.586. The Bertz CT molecular complexity index is 960. The fourth-order valence-electron chi connectivity index (χ4n) is 3.46. The summed E-state index contributed by atoms with van der Waals surface area (Å²) in [5.74, 6) is 0.773. The minimum absolute atomic E-state index is 0.0482. The van der Waals surface area contributed by atoms with Gasteiger partial charge in [-0.25, -0.2) is 4.98 Å². The zero-order chi connectivity index (χ0) is 19.5. The third-order valence-corrected chi connectivity index (χ3v) is 6.19. The fraction of sp³-hybridized carbons (Fsp3) is 0.286. The Morgan fingerprint density at radius 2 is 2.00 bits per heavy atom. The van der Waals surface area contributed by atoms with Gasteiger partial charge < -0.3 is 9.64 Å². The molecule has 5 nitrogen and oxygen atoms in total. The maximum atomic E-state index is 13.2. The zero-order valence-electron chi connectivity index (χ0n) is 15.5. The maximum absolute atomic E-state index is 13.2. The summed E-state index contributed by atoms with van der Waals surface area (Å²) >= 11 is 7.30. The summed E-state index contributed by atoms with van der Waals surface area (Å²) in [7, 11) is 0. The summed E-state index contributed by atoms with van der Waals surface area (Å²) in [4.78, 5) is 24.5. The number of hydrogen-bond donors (Lipinski definition) is 0. The minimum Gasteiger partial charge on any atom is -0.486 e. The largest absolute Gasteiger partial charge is 0.486 e. The second-order valence-corrected chi connectivity index (χ2v) is 8.22. The number of amides is 1. The molecule has 3 aromatic rings. The third-order valence-electron chi connectivity index (χ3n) is 4.82. The van der Waals surface area contributed by atoms with Crippen LogP contribution < -0.4 is 4.74 Å². The average molecular weight is 414 g/mol. The normalized spacial score (nSPS) is 16.4. The third kappa shape index (κ3) is 4.03. The Morgan fingerprint density at radius 3 is 2.75 bits per heavy atom. The molecule has 0 spiro atoms. The van der Waals surface area contributed by atoms with Crippen LogP contribution in [0.25, 0.3) is 0 Å². The van der Waals surface area contributed by atoms with Crippen molar-refractivity contribution in [1.29, 1.82) is 0 Å². The lowest BCUT2D eigenvalue weighted by Crippen LogP contribution is -2.30. The van der Waals surface area contributed by atoms with Crippen molar-refractivity contribution in [1.82, 2.24) is 14.9 Å². The summed E-state index contributed by atoms with van der Waals surface area (Å²) in [6.45, 7) is 2.97. The molecule has 144 valence electrons. The van der Waals surface area contributed by atoms with E-state index < -0.39 is 0 Å². The lowest BCUT2D eigenvalue weighted by Gasteiger charge is -2.24. The first-order valence-electron chi connectivity index (χ1n) is 9.17. The summed E-state index contributed by atoms with van der Waals surface area (Å²) in [6.07, 6.45) is 5.53. The fourth-order valence-corrected chi connectivity index (χ4v) is 4.52. The zero-order valence-corrected chi connectivity index (χ0v) is 17.0. The number of halogens is 1. The highest BCUT2D eigenvalue weighted by atomic mass is 35.5. The van der Waals surface area contributed by atoms with Gasteiger partial charge in [0.05, 0.1) is 11.7 Å². The molecule has 1 fully saturated rings. The van der Waals surface area contributed by atoms with Crippen LogP contribution in [0.3, 0.4) is 0 Å². The lowest BCUT2D eigenvalue weighted by atomic mass is 10.1. The number of likely N-dealkylation sites (tertiary alicyclic amines) is 1. The predicted octanol–water partition coefficient (Wildman–Crippen LogP) is 5.06. The molecule has 28 heavy (non-hydrogen) atoms. The Hall–Kier alpha value is -2.44. The van der Waals surface area contributed by atoms with Gasteiger partial charge in [0, 0.05) is 24.0 Å². The van der Waals surface area contributed by atoms with Gasteiger partial charge in [-0.15, -0.1) is 11.3 Å². The van der Waals surface area contributed by atoms with Crippen molar-refractivity contribution < 1.29 is 9.53 Å². The lowest BCUT2D eigenvalue weighted by molar-refractivity contribution is 0.0739. The molecule has 0 aliphatic carbocycles. The van der Waals surface area contributed by atoms with Crippen molar-refractivity contribution in [2.45, 2.75) is 32.4 Å². The van der Waals surface area contributed by atoms with Gasteiger partial charge in [-0.2, -0.15) is 0 Å². The van der Waals surface area contributed by atoms with Gasteiger partial charge in [0.25, 0.3) is 5.91 Å². The van der Waals surface area contributed by atoms with E-state index in [2.05, 4.69) is 9.97 Å². The molecule has 0 N–H and O–H groups in total. The van der Waals surface area contributed by atoms with E-state index in [0.717, 1.165) is 41.4 Å². The molecule has 1 aromatic carbocycles. The van der Waals surface area contributed by atoms with E-state index in [9.17, 15) is 4.79 Å². The van der Waals surface area contributed by atoms with Crippen molar-refractivity contribution in [2.75, 3.05) is 6.54 Å². The first-order chi connectivity index (χ1) is 13.6. The van der Waals surface area contributed by atoms with Crippen LogP contribution in [0.2, 0.25) is 5.02 Å². The summed E-state index contributed by atoms with van der Waals surface area (Å²) in [6, 6.07) is 11.3. The van der Waals surface area contributed by atoms with Gasteiger partial charge in [-0.1, -0.05) is 11.6 Å². The van der Waals surface area contributed by atoms with Crippen LogP contribution in [0.1, 0.15) is 44.8 Å². The van der Waals surface area contributed by atoms with Crippen LogP contribution in [0.4, 0.5) is 0 Å². The number of pyridine rings is 1. The Balaban J connectivity index is 1.48. The molecule has 0 bridgehead atoms. The standard InChI is InChI=1S/C21H20ClN3O2S/c1-14-20(28-19(24-14)13-27-17-6-4-16(22)5-7-17)21(26)25-12-2-3-18(25)15-8-10-23-11-9-15/h4-11,18H,2-3,12-13H2,1H3/t18-/m0/s1. The monoisotopic (exact) mass is 413 g/mol. The van der Waals surface area contributed by atoms with Crippen molar-refractivity contribution >= 4 is 28.8 Å². The second-order valence-electron chi connectivity index (χ2n) is 6.70. The number of aryl methyl sites for hydroxylation is 1. The van der Waals surface area contributed by atoms with Gasteiger partial charge >= 0.3 is 0 Å². The number of nitrogens with zero attached hydrogens (tertiary/aromatic N) is 3. The highest BCUT2D eigenvalue weighted by molar-refractivity contribution is 7.13. The van der Waals surface area contributed by atoms with Gasteiger partial charge in [0.1, 0.15) is 22.2 Å². The number of carbonyl (C=O) groups is 1. The number of benzene rings is 1. The van der Waals surface area contributed by atoms with Crippen molar-refractivity contribution in [3.63, 3.8) is 0 Å². The number of aromatic nitrogens is 2. The maximum Gasteiger partial charge on any atom is 0.266 e. The smallest absolute Gasteiger partial charge is 0.266 e. The van der Waals surface area contributed by atoms with Gasteiger partial charge in [0.2, 0.25) is 0 Å². The Morgan fingerprint density at radius 1 is 1.25 bits per heavy atom. The molecule has 0 radical (unpaired) electrons. The van der Waals surface area contributed by atoms with E-state index >= 15 is 0 Å². The SMILES string of the molecule is Cc1nc(COc2ccc(Cl)cc2)sc1C(=O)N1CCC[C@H]1c1ccncc1. The molecule has 7 heteroatoms. The number of hydrogen-bond acceptors (Lipinski definition) is 5. The van der Waals surface area contributed by atoms with E-state index in [4.69, 9.17) is 16.3 Å². The molecule has 0 saturated carbocycles. The summed E-state index contributed by atoms with van der Waals surface area (Å²) in [5, 5.41) is 1.45. The van der Waals surface area contributed by atoms with E-state index in [1.807, 2.05) is 36.1 Å². The average Bonchev–Trinajstić information content (AvgIpc) is 3.34. The van der Waals surface area contributed by atoms with E-state index in [0.29, 0.717) is 16.5 Å². The Kier molecular flexibility index (Phi) is 5.59. The molecule has 1 amide bonds. The molecule has 3 heterocycles. The highest BCUT2D eigenvalue weighted by Crippen LogP contribution is 2.34. The topological polar surface area (TPSA) is 55.3 Å². The molecule has 1 aliphatic heterocycles. The predicted molar refractivity (Wildman–Crippen MR) is 110 cm³/mol. The Labute approximate surface area is 173 Å². The molecule has 2 aromatic heterocycles. The summed E-state index contributed by atoms with van der Waals surface area (Å²) < 4.78 is 5.77. The molecule has 0 unspecified atom stereocenters. The first kappa shape index (κ1) is 18.9. The van der Waals surface area contributed by atoms with Gasteiger partial charge in [0.15, 0.2) is 0 Å². The van der Waals surface area contributed by atoms with Crippen LogP contribution in [0.15, 0.2) is 48.8 Å². The number of rotatable bonds is 5. The van der Waals surface area contributed by atoms with E-state index in [1.165, 1.54) is 11.3 Å². The highest BCUT2D eigenvalue weighted by Gasteiger charge is 2.32. The van der Waals surface area contributed by atoms with Crippen LogP contribution in [0, 0.1) is 6.92 Å². The molecular formula is C21H20ClN3O2S. The van der Waals surface area contributed by atoms with Crippen LogP contribution >= 0.6 is 22.9 Å². The molecule has 4 rings (SSSR count). The van der Waals surface area contributed by atoms with Crippen molar-refractivity contribution in [3.05, 3.63) is 75.0 Å². The number of carbonyl (C=O) groups excluding carboxylic acids is 1. The van der Waals surface area contributed by atoms with Crippen LogP contribution in [-0.2, 0) is 6.61 Å². The van der Waals surface area contributed by atoms with Gasteiger partial charge in [-0.05, 0) is 61.7 Å². The van der Waals surface area contributed by atoms with Gasteiger partial charge in [-0.3, -0.25) is 9.78 Å². The van der Waals surface area contributed by atoms with Crippen LogP contribution in [-0.4, -0.2) is 27.3 Å². The minimum atomic E-state index is 0.0482. The van der Waals surface area contributed by atoms with E-state index in [1.54, 1.807) is 24.5 Å². The molecular weight excluding hydrogens is 394 g/mol.